The second-order valence-corrected chi connectivity index (χ2v) is 4.83. The van der Waals surface area contributed by atoms with Crippen molar-refractivity contribution in [2.45, 2.75) is 0 Å². The van der Waals surface area contributed by atoms with Crippen LogP contribution in [0.1, 0.15) is 10.5 Å². The minimum Gasteiger partial charge on any atom is -0.335 e. The van der Waals surface area contributed by atoms with E-state index < -0.39 is 0 Å². The quantitative estimate of drug-likeness (QED) is 0.765. The van der Waals surface area contributed by atoms with Crippen molar-refractivity contribution >= 4 is 11.6 Å². The second kappa shape index (κ2) is 4.62. The van der Waals surface area contributed by atoms with Gasteiger partial charge in [0.05, 0.1) is 0 Å². The molecule has 5 nitrogen and oxygen atoms in total. The first-order valence-electron chi connectivity index (χ1n) is 6.25. The summed E-state index contributed by atoms with van der Waals surface area (Å²) in [5, 5.41) is 0. The van der Waals surface area contributed by atoms with Gasteiger partial charge in [-0.3, -0.25) is 4.79 Å². The number of rotatable bonds is 1. The van der Waals surface area contributed by atoms with Crippen LogP contribution in [0.5, 0.6) is 0 Å². The lowest BCUT2D eigenvalue weighted by molar-refractivity contribution is 0.0659. The Balaban J connectivity index is 1.85. The minimum atomic E-state index is -0.344. The molecule has 100 valence electrons. The average molecular weight is 262 g/mol. The fourth-order valence-electron chi connectivity index (χ4n) is 2.24. The summed E-state index contributed by atoms with van der Waals surface area (Å²) < 4.78 is 14.6. The first kappa shape index (κ1) is 12.1. The molecule has 1 aliphatic rings. The number of nitrogens with zero attached hydrogens (tertiary/aromatic N) is 4. The molecule has 1 fully saturated rings. The normalized spacial score (nSPS) is 17.1. The smallest absolute Gasteiger partial charge is 0.274 e. The highest BCUT2D eigenvalue weighted by Crippen LogP contribution is 2.10. The summed E-state index contributed by atoms with van der Waals surface area (Å²) >= 11 is 0. The van der Waals surface area contributed by atoms with Crippen LogP contribution in [0.15, 0.2) is 24.5 Å². The van der Waals surface area contributed by atoms with E-state index >= 15 is 0 Å². The molecular weight excluding hydrogens is 247 g/mol. The number of pyridine rings is 1. The Labute approximate surface area is 110 Å². The van der Waals surface area contributed by atoms with E-state index in [2.05, 4.69) is 9.88 Å². The number of carbonyl (C=O) groups is 1. The van der Waals surface area contributed by atoms with Gasteiger partial charge >= 0.3 is 0 Å². The average Bonchev–Trinajstić information content (AvgIpc) is 2.81. The highest BCUT2D eigenvalue weighted by Gasteiger charge is 2.22. The predicted molar refractivity (Wildman–Crippen MR) is 68.6 cm³/mol. The molecule has 0 saturated carbocycles. The van der Waals surface area contributed by atoms with Crippen molar-refractivity contribution in [3.63, 3.8) is 0 Å². The molecule has 0 atom stereocenters. The zero-order valence-corrected chi connectivity index (χ0v) is 10.7. The summed E-state index contributed by atoms with van der Waals surface area (Å²) in [6, 6.07) is 2.91. The van der Waals surface area contributed by atoms with Crippen molar-refractivity contribution in [1.82, 2.24) is 19.2 Å². The van der Waals surface area contributed by atoms with Crippen LogP contribution in [0.2, 0.25) is 0 Å². The molecule has 0 unspecified atom stereocenters. The molecular formula is C13H15FN4O. The number of imidazole rings is 1. The van der Waals surface area contributed by atoms with Gasteiger partial charge in [-0.05, 0) is 19.2 Å². The molecule has 2 aromatic rings. The van der Waals surface area contributed by atoms with Gasteiger partial charge in [0.2, 0.25) is 0 Å². The second-order valence-electron chi connectivity index (χ2n) is 4.83. The number of amides is 1. The fourth-order valence-corrected chi connectivity index (χ4v) is 2.24. The highest BCUT2D eigenvalue weighted by atomic mass is 19.1. The third kappa shape index (κ3) is 2.31. The van der Waals surface area contributed by atoms with Gasteiger partial charge in [0.25, 0.3) is 5.91 Å². The van der Waals surface area contributed by atoms with Gasteiger partial charge in [-0.15, -0.1) is 0 Å². The number of fused-ring (bicyclic) bond motifs is 1. The van der Waals surface area contributed by atoms with Gasteiger partial charge in [0, 0.05) is 38.6 Å². The molecule has 0 radical (unpaired) electrons. The van der Waals surface area contributed by atoms with Crippen LogP contribution < -0.4 is 0 Å². The molecule has 0 spiro atoms. The molecule has 1 saturated heterocycles. The van der Waals surface area contributed by atoms with Crippen molar-refractivity contribution in [3.8, 4) is 0 Å². The van der Waals surface area contributed by atoms with Gasteiger partial charge in [0.15, 0.2) is 0 Å². The molecule has 2 aromatic heterocycles. The number of likely N-dealkylation sites (N-methyl/N-ethyl adjacent to an activating group) is 1. The van der Waals surface area contributed by atoms with E-state index in [1.54, 1.807) is 21.6 Å². The van der Waals surface area contributed by atoms with E-state index in [0.717, 1.165) is 13.1 Å². The SMILES string of the molecule is CN1CCN(C(=O)c2cn3cc(F)ccc3n2)CC1. The minimum absolute atomic E-state index is 0.0859. The molecule has 0 aliphatic carbocycles. The number of piperazine rings is 1. The van der Waals surface area contributed by atoms with Crippen molar-refractivity contribution in [3.05, 3.63) is 36.0 Å². The molecule has 6 heteroatoms. The summed E-state index contributed by atoms with van der Waals surface area (Å²) in [6.07, 6.45) is 2.90. The number of halogens is 1. The number of aromatic nitrogens is 2. The summed E-state index contributed by atoms with van der Waals surface area (Å²) in [7, 11) is 2.04. The van der Waals surface area contributed by atoms with E-state index in [0.29, 0.717) is 24.4 Å². The number of carbonyl (C=O) groups excluding carboxylic acids is 1. The first-order valence-corrected chi connectivity index (χ1v) is 6.25. The maximum absolute atomic E-state index is 13.1. The number of hydrogen-bond acceptors (Lipinski definition) is 3. The van der Waals surface area contributed by atoms with Gasteiger partial charge in [-0.1, -0.05) is 0 Å². The zero-order chi connectivity index (χ0) is 13.4. The summed E-state index contributed by atoms with van der Waals surface area (Å²) in [5.41, 5.74) is 0.953. The molecule has 1 aliphatic heterocycles. The molecule has 19 heavy (non-hydrogen) atoms. The van der Waals surface area contributed by atoms with Crippen molar-refractivity contribution in [2.75, 3.05) is 33.2 Å². The van der Waals surface area contributed by atoms with E-state index in [1.807, 2.05) is 7.05 Å². The van der Waals surface area contributed by atoms with E-state index in [9.17, 15) is 9.18 Å². The lowest BCUT2D eigenvalue weighted by atomic mass is 10.3. The largest absolute Gasteiger partial charge is 0.335 e. The summed E-state index contributed by atoms with van der Waals surface area (Å²) in [6.45, 7) is 3.15. The van der Waals surface area contributed by atoms with Gasteiger partial charge < -0.3 is 14.2 Å². The molecule has 1 amide bonds. The van der Waals surface area contributed by atoms with Crippen molar-refractivity contribution in [2.24, 2.45) is 0 Å². The Morgan fingerprint density at radius 2 is 1.95 bits per heavy atom. The Hall–Kier alpha value is -1.95. The lowest BCUT2D eigenvalue weighted by Gasteiger charge is -2.31. The third-order valence-corrected chi connectivity index (χ3v) is 3.42. The van der Waals surface area contributed by atoms with Crippen LogP contribution in [0.25, 0.3) is 5.65 Å². The topological polar surface area (TPSA) is 40.9 Å². The van der Waals surface area contributed by atoms with Crippen LogP contribution >= 0.6 is 0 Å². The van der Waals surface area contributed by atoms with E-state index in [4.69, 9.17) is 0 Å². The standard InChI is InChI=1S/C13H15FN4O/c1-16-4-6-17(7-5-16)13(19)11-9-18-8-10(14)2-3-12(18)15-11/h2-3,8-9H,4-7H2,1H3. The van der Waals surface area contributed by atoms with Gasteiger partial charge in [0.1, 0.15) is 17.2 Å². The summed E-state index contributed by atoms with van der Waals surface area (Å²) in [5.74, 6) is -0.430. The van der Waals surface area contributed by atoms with Crippen molar-refractivity contribution < 1.29 is 9.18 Å². The Kier molecular flexibility index (Phi) is 2.94. The van der Waals surface area contributed by atoms with Crippen LogP contribution in [0.4, 0.5) is 4.39 Å². The summed E-state index contributed by atoms with van der Waals surface area (Å²) in [4.78, 5) is 20.5. The third-order valence-electron chi connectivity index (χ3n) is 3.42. The number of hydrogen-bond donors (Lipinski definition) is 0. The van der Waals surface area contributed by atoms with E-state index in [1.165, 1.54) is 12.3 Å². The molecule has 0 aromatic carbocycles. The fraction of sp³-hybridized carbons (Fsp3) is 0.385. The maximum Gasteiger partial charge on any atom is 0.274 e. The van der Waals surface area contributed by atoms with Gasteiger partial charge in [-0.25, -0.2) is 9.37 Å². The first-order chi connectivity index (χ1) is 9.13. The Morgan fingerprint density at radius 3 is 2.68 bits per heavy atom. The maximum atomic E-state index is 13.1. The van der Waals surface area contributed by atoms with Crippen molar-refractivity contribution in [1.29, 1.82) is 0 Å². The molecule has 3 rings (SSSR count). The van der Waals surface area contributed by atoms with Crippen LogP contribution in [-0.4, -0.2) is 58.3 Å². The lowest BCUT2D eigenvalue weighted by Crippen LogP contribution is -2.47. The van der Waals surface area contributed by atoms with Crippen LogP contribution in [-0.2, 0) is 0 Å². The predicted octanol–water partition coefficient (Wildman–Crippen LogP) is 0.861. The zero-order valence-electron chi connectivity index (χ0n) is 10.7. The Morgan fingerprint density at radius 1 is 1.21 bits per heavy atom. The van der Waals surface area contributed by atoms with E-state index in [-0.39, 0.29) is 11.7 Å². The molecule has 0 bridgehead atoms. The molecule has 0 N–H and O–H groups in total. The van der Waals surface area contributed by atoms with Crippen LogP contribution in [0, 0.1) is 5.82 Å². The van der Waals surface area contributed by atoms with Gasteiger partial charge in [-0.2, -0.15) is 0 Å². The highest BCUT2D eigenvalue weighted by molar-refractivity contribution is 5.93. The Bertz CT molecular complexity index is 616. The van der Waals surface area contributed by atoms with Crippen LogP contribution in [0.3, 0.4) is 0 Å². The molecule has 3 heterocycles. The monoisotopic (exact) mass is 262 g/mol.